The molecule has 0 saturated carbocycles. The second-order valence-electron chi connectivity index (χ2n) is 2.78. The standard InChI is InChI=1S/C9H12N2S.HI/c1-8(12)10-7-9-3-5-11(2)6-4-9;/h3-6H,7H2,1-2H3;1H. The average molecular weight is 308 g/mol. The van der Waals surface area contributed by atoms with Crippen molar-refractivity contribution >= 4 is 17.2 Å². The van der Waals surface area contributed by atoms with Crippen LogP contribution >= 0.6 is 12.2 Å². The van der Waals surface area contributed by atoms with Crippen molar-refractivity contribution in [1.82, 2.24) is 5.32 Å². The minimum absolute atomic E-state index is 0. The Balaban J connectivity index is 0.00000144. The molecular formula is C9H13IN2S. The zero-order chi connectivity index (χ0) is 8.97. The molecule has 0 aliphatic heterocycles. The van der Waals surface area contributed by atoms with Gasteiger partial charge in [-0.1, -0.05) is 12.2 Å². The molecule has 13 heavy (non-hydrogen) atoms. The van der Waals surface area contributed by atoms with Crippen molar-refractivity contribution in [3.05, 3.63) is 30.1 Å². The predicted molar refractivity (Wildman–Crippen MR) is 52.7 cm³/mol. The molecule has 0 bridgehead atoms. The molecule has 0 atom stereocenters. The van der Waals surface area contributed by atoms with Gasteiger partial charge in [0.15, 0.2) is 12.4 Å². The van der Waals surface area contributed by atoms with Crippen LogP contribution in [0.25, 0.3) is 0 Å². The highest BCUT2D eigenvalue weighted by Gasteiger charge is 1.94. The summed E-state index contributed by atoms with van der Waals surface area (Å²) in [4.78, 5) is 0.836. The van der Waals surface area contributed by atoms with E-state index in [1.54, 1.807) is 0 Å². The lowest BCUT2D eigenvalue weighted by Gasteiger charge is -2.01. The Hall–Kier alpha value is -0.230. The zero-order valence-electron chi connectivity index (χ0n) is 7.75. The van der Waals surface area contributed by atoms with E-state index in [2.05, 4.69) is 17.4 Å². The second-order valence-corrected chi connectivity index (χ2v) is 3.39. The van der Waals surface area contributed by atoms with Crippen LogP contribution in [-0.4, -0.2) is 4.99 Å². The van der Waals surface area contributed by atoms with Crippen LogP contribution in [0, 0.1) is 0 Å². The number of hydrogen-bond donors (Lipinski definition) is 1. The van der Waals surface area contributed by atoms with Crippen LogP contribution < -0.4 is 33.9 Å². The molecule has 0 radical (unpaired) electrons. The lowest BCUT2D eigenvalue weighted by atomic mass is 10.3. The first kappa shape index (κ1) is 12.8. The summed E-state index contributed by atoms with van der Waals surface area (Å²) < 4.78 is 2.01. The second kappa shape index (κ2) is 6.26. The number of thiocarbonyl (C=S) groups is 1. The fraction of sp³-hybridized carbons (Fsp3) is 0.333. The lowest BCUT2D eigenvalue weighted by molar-refractivity contribution is -0.671. The third-order valence-corrected chi connectivity index (χ3v) is 1.73. The van der Waals surface area contributed by atoms with Gasteiger partial charge < -0.3 is 29.3 Å². The van der Waals surface area contributed by atoms with Crippen LogP contribution in [0.2, 0.25) is 0 Å². The molecule has 2 nitrogen and oxygen atoms in total. The molecule has 1 rings (SSSR count). The van der Waals surface area contributed by atoms with Crippen molar-refractivity contribution in [3.8, 4) is 0 Å². The summed E-state index contributed by atoms with van der Waals surface area (Å²) in [6.07, 6.45) is 4.05. The quantitative estimate of drug-likeness (QED) is 0.385. The number of halogens is 1. The number of nitrogens with one attached hydrogen (secondary N) is 1. The number of hydrogen-bond acceptors (Lipinski definition) is 1. The molecule has 1 N–H and O–H groups in total. The zero-order valence-corrected chi connectivity index (χ0v) is 10.7. The summed E-state index contributed by atoms with van der Waals surface area (Å²) in [6, 6.07) is 4.15. The number of pyridine rings is 1. The van der Waals surface area contributed by atoms with E-state index in [1.165, 1.54) is 5.56 Å². The first-order chi connectivity index (χ1) is 5.68. The van der Waals surface area contributed by atoms with E-state index < -0.39 is 0 Å². The van der Waals surface area contributed by atoms with Crippen molar-refractivity contribution in [2.24, 2.45) is 7.05 Å². The van der Waals surface area contributed by atoms with E-state index in [9.17, 15) is 0 Å². The summed E-state index contributed by atoms with van der Waals surface area (Å²) in [5.74, 6) is 0. The highest BCUT2D eigenvalue weighted by atomic mass is 127. The summed E-state index contributed by atoms with van der Waals surface area (Å²) in [7, 11) is 2.00. The van der Waals surface area contributed by atoms with Crippen LogP contribution in [0.15, 0.2) is 24.5 Å². The van der Waals surface area contributed by atoms with Crippen molar-refractivity contribution < 1.29 is 28.5 Å². The Morgan fingerprint density at radius 2 is 2.00 bits per heavy atom. The van der Waals surface area contributed by atoms with E-state index in [0.29, 0.717) is 0 Å². The molecule has 1 aromatic rings. The number of aromatic nitrogens is 1. The highest BCUT2D eigenvalue weighted by molar-refractivity contribution is 7.80. The van der Waals surface area contributed by atoms with Gasteiger partial charge in [-0.3, -0.25) is 0 Å². The number of rotatable bonds is 2. The predicted octanol–water partition coefficient (Wildman–Crippen LogP) is -2.05. The summed E-state index contributed by atoms with van der Waals surface area (Å²) in [6.45, 7) is 2.70. The fourth-order valence-corrected chi connectivity index (χ4v) is 0.948. The van der Waals surface area contributed by atoms with E-state index in [-0.39, 0.29) is 24.0 Å². The van der Waals surface area contributed by atoms with Gasteiger partial charge in [0.1, 0.15) is 7.05 Å². The molecule has 72 valence electrons. The Labute approximate surface area is 101 Å². The maximum absolute atomic E-state index is 4.90. The van der Waals surface area contributed by atoms with Crippen molar-refractivity contribution in [2.45, 2.75) is 13.5 Å². The van der Waals surface area contributed by atoms with Gasteiger partial charge in [0, 0.05) is 18.7 Å². The first-order valence-electron chi connectivity index (χ1n) is 3.87. The maximum atomic E-state index is 4.90. The van der Waals surface area contributed by atoms with Gasteiger partial charge in [0.05, 0.1) is 4.99 Å². The Morgan fingerprint density at radius 3 is 2.46 bits per heavy atom. The van der Waals surface area contributed by atoms with Crippen LogP contribution in [0.1, 0.15) is 12.5 Å². The van der Waals surface area contributed by atoms with Gasteiger partial charge in [0.25, 0.3) is 0 Å². The molecule has 0 spiro atoms. The Bertz CT molecular complexity index is 271. The first-order valence-corrected chi connectivity index (χ1v) is 4.28. The normalized spacial score (nSPS) is 8.77. The van der Waals surface area contributed by atoms with Gasteiger partial charge in [0.2, 0.25) is 0 Å². The third kappa shape index (κ3) is 5.15. The summed E-state index contributed by atoms with van der Waals surface area (Å²) in [5.41, 5.74) is 1.25. The molecule has 0 unspecified atom stereocenters. The Kier molecular flexibility index (Phi) is 6.15. The topological polar surface area (TPSA) is 15.9 Å². The minimum Gasteiger partial charge on any atom is -1.00 e. The van der Waals surface area contributed by atoms with E-state index in [0.717, 1.165) is 11.5 Å². The minimum atomic E-state index is 0. The van der Waals surface area contributed by atoms with E-state index in [1.807, 2.05) is 30.9 Å². The molecule has 0 saturated heterocycles. The van der Waals surface area contributed by atoms with Crippen LogP contribution in [0.5, 0.6) is 0 Å². The van der Waals surface area contributed by atoms with Gasteiger partial charge in [-0.25, -0.2) is 4.57 Å². The summed E-state index contributed by atoms with van der Waals surface area (Å²) in [5, 5.41) is 3.10. The Morgan fingerprint density at radius 1 is 1.46 bits per heavy atom. The smallest absolute Gasteiger partial charge is 0.168 e. The molecule has 0 amide bonds. The van der Waals surface area contributed by atoms with E-state index in [4.69, 9.17) is 12.2 Å². The fourth-order valence-electron chi connectivity index (χ4n) is 0.876. The molecule has 0 fully saturated rings. The average Bonchev–Trinajstić information content (AvgIpc) is 2.03. The molecule has 0 aromatic carbocycles. The van der Waals surface area contributed by atoms with Crippen molar-refractivity contribution in [1.29, 1.82) is 0 Å². The van der Waals surface area contributed by atoms with Gasteiger partial charge in [-0.2, -0.15) is 0 Å². The lowest BCUT2D eigenvalue weighted by Crippen LogP contribution is -3.00. The van der Waals surface area contributed by atoms with Gasteiger partial charge >= 0.3 is 0 Å². The van der Waals surface area contributed by atoms with Crippen LogP contribution in [-0.2, 0) is 13.6 Å². The number of nitrogens with zero attached hydrogens (tertiary/aromatic N) is 1. The third-order valence-electron chi connectivity index (χ3n) is 1.59. The summed E-state index contributed by atoms with van der Waals surface area (Å²) >= 11 is 4.90. The largest absolute Gasteiger partial charge is 1.00 e. The van der Waals surface area contributed by atoms with Crippen LogP contribution in [0.4, 0.5) is 0 Å². The van der Waals surface area contributed by atoms with Gasteiger partial charge in [-0.15, -0.1) is 0 Å². The highest BCUT2D eigenvalue weighted by Crippen LogP contribution is 1.93. The van der Waals surface area contributed by atoms with Crippen molar-refractivity contribution in [3.63, 3.8) is 0 Å². The molecule has 1 heterocycles. The maximum Gasteiger partial charge on any atom is 0.168 e. The van der Waals surface area contributed by atoms with E-state index >= 15 is 0 Å². The SMILES string of the molecule is CC(=S)NCc1cc[n+](C)cc1.[I-]. The van der Waals surface area contributed by atoms with Crippen LogP contribution in [0.3, 0.4) is 0 Å². The molecule has 1 aromatic heterocycles. The monoisotopic (exact) mass is 308 g/mol. The molecular weight excluding hydrogens is 295 g/mol. The van der Waals surface area contributed by atoms with Crippen molar-refractivity contribution in [2.75, 3.05) is 0 Å². The number of aryl methyl sites for hydroxylation is 1. The molecule has 0 aliphatic rings. The van der Waals surface area contributed by atoms with Gasteiger partial charge in [-0.05, 0) is 12.5 Å². The molecule has 0 aliphatic carbocycles. The molecule has 4 heteroatoms.